The van der Waals surface area contributed by atoms with Crippen molar-refractivity contribution in [3.63, 3.8) is 0 Å². The topological polar surface area (TPSA) is 35.5 Å². The first-order valence-electron chi connectivity index (χ1n) is 6.31. The Morgan fingerprint density at radius 1 is 1.33 bits per heavy atom. The van der Waals surface area contributed by atoms with Crippen LogP contribution < -0.4 is 10.2 Å². The number of halogens is 1. The van der Waals surface area contributed by atoms with Crippen molar-refractivity contribution in [1.82, 2.24) is 5.32 Å². The molecule has 1 aromatic carbocycles. The highest BCUT2D eigenvalue weighted by molar-refractivity contribution is 9.10. The Balaban J connectivity index is 2.95. The van der Waals surface area contributed by atoms with E-state index < -0.39 is 0 Å². The average Bonchev–Trinajstić information content (AvgIpc) is 2.34. The van der Waals surface area contributed by atoms with Crippen LogP contribution in [0.25, 0.3) is 0 Å². The lowest BCUT2D eigenvalue weighted by Crippen LogP contribution is -2.33. The number of nitrogens with zero attached hydrogens (tertiary/aromatic N) is 1. The second-order valence-corrected chi connectivity index (χ2v) is 5.87. The van der Waals surface area contributed by atoms with Gasteiger partial charge in [0.05, 0.1) is 6.61 Å². The van der Waals surface area contributed by atoms with E-state index in [1.54, 1.807) is 0 Å². The lowest BCUT2D eigenvalue weighted by atomic mass is 10.1. The van der Waals surface area contributed by atoms with Crippen LogP contribution in [0.4, 0.5) is 5.69 Å². The fourth-order valence-electron chi connectivity index (χ4n) is 1.71. The molecule has 0 radical (unpaired) electrons. The van der Waals surface area contributed by atoms with E-state index in [1.165, 1.54) is 5.56 Å². The first-order chi connectivity index (χ1) is 8.45. The molecule has 0 fully saturated rings. The number of rotatable bonds is 6. The summed E-state index contributed by atoms with van der Waals surface area (Å²) in [5, 5.41) is 12.7. The SMILES string of the molecule is CC(C)NCc1cc(Br)ccc1N(C)C(C)CO. The van der Waals surface area contributed by atoms with Gasteiger partial charge in [-0.25, -0.2) is 0 Å². The van der Waals surface area contributed by atoms with Gasteiger partial charge in [-0.15, -0.1) is 0 Å². The molecule has 0 aliphatic carbocycles. The molecule has 0 aliphatic rings. The van der Waals surface area contributed by atoms with Gasteiger partial charge in [-0.05, 0) is 30.7 Å². The zero-order chi connectivity index (χ0) is 13.7. The lowest BCUT2D eigenvalue weighted by molar-refractivity contribution is 0.270. The maximum Gasteiger partial charge on any atom is 0.0632 e. The van der Waals surface area contributed by atoms with Crippen LogP contribution in [0.15, 0.2) is 22.7 Å². The molecule has 1 atom stereocenters. The zero-order valence-electron chi connectivity index (χ0n) is 11.6. The molecule has 4 heteroatoms. The minimum Gasteiger partial charge on any atom is -0.394 e. The molecule has 0 amide bonds. The molecule has 0 spiro atoms. The first kappa shape index (κ1) is 15.5. The van der Waals surface area contributed by atoms with Gasteiger partial charge >= 0.3 is 0 Å². The number of likely N-dealkylation sites (N-methyl/N-ethyl adjacent to an activating group) is 1. The highest BCUT2D eigenvalue weighted by Gasteiger charge is 2.13. The molecule has 18 heavy (non-hydrogen) atoms. The predicted octanol–water partition coefficient (Wildman–Crippen LogP) is 2.76. The Morgan fingerprint density at radius 2 is 2.00 bits per heavy atom. The van der Waals surface area contributed by atoms with E-state index in [4.69, 9.17) is 0 Å². The Kier molecular flexibility index (Phi) is 6.12. The van der Waals surface area contributed by atoms with Gasteiger partial charge in [0.15, 0.2) is 0 Å². The summed E-state index contributed by atoms with van der Waals surface area (Å²) in [6, 6.07) is 6.83. The maximum absolute atomic E-state index is 9.26. The summed E-state index contributed by atoms with van der Waals surface area (Å²) in [5.74, 6) is 0. The number of aliphatic hydroxyl groups excluding tert-OH is 1. The second kappa shape index (κ2) is 7.12. The second-order valence-electron chi connectivity index (χ2n) is 4.95. The molecular weight excluding hydrogens is 292 g/mol. The number of hydrogen-bond acceptors (Lipinski definition) is 3. The van der Waals surface area contributed by atoms with Gasteiger partial charge in [-0.1, -0.05) is 29.8 Å². The monoisotopic (exact) mass is 314 g/mol. The summed E-state index contributed by atoms with van der Waals surface area (Å²) in [7, 11) is 2.02. The van der Waals surface area contributed by atoms with Crippen molar-refractivity contribution in [3.8, 4) is 0 Å². The molecule has 0 saturated heterocycles. The molecule has 3 nitrogen and oxygen atoms in total. The van der Waals surface area contributed by atoms with Crippen LogP contribution in [0.3, 0.4) is 0 Å². The molecular formula is C14H23BrN2O. The molecule has 0 saturated carbocycles. The Morgan fingerprint density at radius 3 is 2.56 bits per heavy atom. The van der Waals surface area contributed by atoms with Gasteiger partial charge in [0.25, 0.3) is 0 Å². The summed E-state index contributed by atoms with van der Waals surface area (Å²) < 4.78 is 1.08. The molecule has 0 heterocycles. The molecule has 102 valence electrons. The van der Waals surface area contributed by atoms with E-state index in [9.17, 15) is 5.11 Å². The van der Waals surface area contributed by atoms with Crippen LogP contribution in [-0.4, -0.2) is 30.8 Å². The third-order valence-corrected chi connectivity index (χ3v) is 3.54. The summed E-state index contributed by atoms with van der Waals surface area (Å²) in [5.41, 5.74) is 2.40. The average molecular weight is 315 g/mol. The van der Waals surface area contributed by atoms with Gasteiger partial charge < -0.3 is 15.3 Å². The normalized spacial score (nSPS) is 12.8. The molecule has 0 bridgehead atoms. The minimum absolute atomic E-state index is 0.115. The molecule has 1 aromatic rings. The van der Waals surface area contributed by atoms with E-state index in [0.29, 0.717) is 6.04 Å². The van der Waals surface area contributed by atoms with Crippen molar-refractivity contribution in [1.29, 1.82) is 0 Å². The van der Waals surface area contributed by atoms with E-state index in [-0.39, 0.29) is 12.6 Å². The summed E-state index contributed by atoms with van der Waals surface area (Å²) >= 11 is 3.51. The van der Waals surface area contributed by atoms with Crippen molar-refractivity contribution in [2.24, 2.45) is 0 Å². The molecule has 2 N–H and O–H groups in total. The van der Waals surface area contributed by atoms with E-state index in [0.717, 1.165) is 16.7 Å². The largest absolute Gasteiger partial charge is 0.394 e. The van der Waals surface area contributed by atoms with E-state index in [2.05, 4.69) is 52.1 Å². The quantitative estimate of drug-likeness (QED) is 0.847. The van der Waals surface area contributed by atoms with E-state index >= 15 is 0 Å². The predicted molar refractivity (Wildman–Crippen MR) is 81.1 cm³/mol. The fraction of sp³-hybridized carbons (Fsp3) is 0.571. The number of anilines is 1. The number of aliphatic hydroxyl groups is 1. The van der Waals surface area contributed by atoms with Gasteiger partial charge in [-0.2, -0.15) is 0 Å². The van der Waals surface area contributed by atoms with Crippen LogP contribution >= 0.6 is 15.9 Å². The third-order valence-electron chi connectivity index (χ3n) is 3.05. The van der Waals surface area contributed by atoms with Crippen molar-refractivity contribution in [2.45, 2.75) is 39.4 Å². The van der Waals surface area contributed by atoms with Crippen molar-refractivity contribution in [2.75, 3.05) is 18.6 Å². The minimum atomic E-state index is 0.115. The van der Waals surface area contributed by atoms with Crippen LogP contribution in [0, 0.1) is 0 Å². The molecule has 0 aliphatic heterocycles. The summed E-state index contributed by atoms with van der Waals surface area (Å²) in [6.07, 6.45) is 0. The third kappa shape index (κ3) is 4.26. The van der Waals surface area contributed by atoms with Crippen molar-refractivity contribution < 1.29 is 5.11 Å². The van der Waals surface area contributed by atoms with E-state index in [1.807, 2.05) is 20.0 Å². The number of nitrogens with one attached hydrogen (secondary N) is 1. The smallest absolute Gasteiger partial charge is 0.0632 e. The molecule has 1 rings (SSSR count). The Bertz CT molecular complexity index is 382. The van der Waals surface area contributed by atoms with Gasteiger partial charge in [-0.3, -0.25) is 0 Å². The standard InChI is InChI=1S/C14H23BrN2O/c1-10(2)16-8-12-7-13(15)5-6-14(12)17(4)11(3)9-18/h5-7,10-11,16,18H,8-9H2,1-4H3. The number of hydrogen-bond donors (Lipinski definition) is 2. The summed E-state index contributed by atoms with van der Waals surface area (Å²) in [6.45, 7) is 7.27. The van der Waals surface area contributed by atoms with Crippen LogP contribution in [-0.2, 0) is 6.54 Å². The maximum atomic E-state index is 9.26. The van der Waals surface area contributed by atoms with Crippen molar-refractivity contribution >= 4 is 21.6 Å². The van der Waals surface area contributed by atoms with Crippen LogP contribution in [0.5, 0.6) is 0 Å². The molecule has 1 unspecified atom stereocenters. The lowest BCUT2D eigenvalue weighted by Gasteiger charge is -2.28. The fourth-order valence-corrected chi connectivity index (χ4v) is 2.12. The van der Waals surface area contributed by atoms with Gasteiger partial charge in [0, 0.05) is 35.8 Å². The summed E-state index contributed by atoms with van der Waals surface area (Å²) in [4.78, 5) is 2.11. The van der Waals surface area contributed by atoms with Crippen LogP contribution in [0.2, 0.25) is 0 Å². The number of benzene rings is 1. The Labute approximate surface area is 118 Å². The zero-order valence-corrected chi connectivity index (χ0v) is 13.2. The highest BCUT2D eigenvalue weighted by atomic mass is 79.9. The van der Waals surface area contributed by atoms with Crippen LogP contribution in [0.1, 0.15) is 26.3 Å². The van der Waals surface area contributed by atoms with Crippen molar-refractivity contribution in [3.05, 3.63) is 28.2 Å². The van der Waals surface area contributed by atoms with Gasteiger partial charge in [0.1, 0.15) is 0 Å². The first-order valence-corrected chi connectivity index (χ1v) is 7.10. The Hall–Kier alpha value is -0.580. The van der Waals surface area contributed by atoms with Gasteiger partial charge in [0.2, 0.25) is 0 Å². The highest BCUT2D eigenvalue weighted by Crippen LogP contribution is 2.25. The molecule has 0 aromatic heterocycles.